The van der Waals surface area contributed by atoms with Crippen LogP contribution in [-0.4, -0.2) is 46.7 Å². The fourth-order valence-electron chi connectivity index (χ4n) is 3.09. The highest BCUT2D eigenvalue weighted by atomic mass is 32.2. The summed E-state index contributed by atoms with van der Waals surface area (Å²) in [5.74, 6) is 0. The van der Waals surface area contributed by atoms with Crippen molar-refractivity contribution in [1.82, 2.24) is 0 Å². The summed E-state index contributed by atoms with van der Waals surface area (Å²) in [5.41, 5.74) is 0.308. The van der Waals surface area contributed by atoms with Crippen LogP contribution < -0.4 is 0 Å². The van der Waals surface area contributed by atoms with E-state index in [2.05, 4.69) is 0 Å². The summed E-state index contributed by atoms with van der Waals surface area (Å²) >= 11 is 1.39. The van der Waals surface area contributed by atoms with Gasteiger partial charge in [-0.3, -0.25) is 0 Å². The van der Waals surface area contributed by atoms with Crippen molar-refractivity contribution in [2.24, 2.45) is 0 Å². The number of ether oxygens (including phenoxy) is 3. The summed E-state index contributed by atoms with van der Waals surface area (Å²) in [5, 5.41) is 21.0. The third-order valence-corrected chi connectivity index (χ3v) is 5.57. The minimum atomic E-state index is -1.04. The second kappa shape index (κ2) is 7.45. The van der Waals surface area contributed by atoms with E-state index in [1.54, 1.807) is 0 Å². The van der Waals surface area contributed by atoms with Crippen LogP contribution in [0.15, 0.2) is 65.6 Å². The van der Waals surface area contributed by atoms with E-state index in [9.17, 15) is 10.2 Å². The molecular weight excluding hydrogens is 340 g/mol. The van der Waals surface area contributed by atoms with E-state index in [1.165, 1.54) is 11.8 Å². The van der Waals surface area contributed by atoms with Crippen molar-refractivity contribution < 1.29 is 24.4 Å². The van der Waals surface area contributed by atoms with Crippen molar-refractivity contribution in [2.45, 2.75) is 41.0 Å². The van der Waals surface area contributed by atoms with Gasteiger partial charge in [0.15, 0.2) is 6.29 Å². The lowest BCUT2D eigenvalue weighted by Gasteiger charge is -2.46. The average Bonchev–Trinajstić information content (AvgIpc) is 2.67. The molecule has 2 aliphatic heterocycles. The van der Waals surface area contributed by atoms with Crippen LogP contribution in [0.1, 0.15) is 11.9 Å². The predicted octanol–water partition coefficient (Wildman–Crippen LogP) is 2.34. The number of hydrogen-bond donors (Lipinski definition) is 2. The molecule has 0 bridgehead atoms. The van der Waals surface area contributed by atoms with Gasteiger partial charge >= 0.3 is 0 Å². The molecule has 4 rings (SSSR count). The number of aliphatic hydroxyl groups is 2. The van der Waals surface area contributed by atoms with E-state index < -0.39 is 36.1 Å². The Bertz CT molecular complexity index is 681. The predicted molar refractivity (Wildman–Crippen MR) is 93.0 cm³/mol. The molecule has 6 atom stereocenters. The molecule has 0 saturated carbocycles. The molecule has 2 N–H and O–H groups in total. The molecule has 0 aliphatic carbocycles. The molecule has 4 unspecified atom stereocenters. The first-order chi connectivity index (χ1) is 12.2. The van der Waals surface area contributed by atoms with Crippen molar-refractivity contribution in [1.29, 1.82) is 0 Å². The van der Waals surface area contributed by atoms with Crippen molar-refractivity contribution in [3.05, 3.63) is 66.2 Å². The third-order valence-electron chi connectivity index (χ3n) is 4.40. The topological polar surface area (TPSA) is 68.2 Å². The number of benzene rings is 2. The minimum Gasteiger partial charge on any atom is -0.387 e. The van der Waals surface area contributed by atoms with Crippen LogP contribution in [0.4, 0.5) is 0 Å². The minimum absolute atomic E-state index is 0.305. The zero-order valence-corrected chi connectivity index (χ0v) is 14.3. The highest BCUT2D eigenvalue weighted by Gasteiger charge is 2.49. The second-order valence-corrected chi connectivity index (χ2v) is 7.30. The van der Waals surface area contributed by atoms with E-state index in [4.69, 9.17) is 14.2 Å². The van der Waals surface area contributed by atoms with Crippen LogP contribution in [0, 0.1) is 0 Å². The Morgan fingerprint density at radius 1 is 0.840 bits per heavy atom. The van der Waals surface area contributed by atoms with Gasteiger partial charge in [0, 0.05) is 10.5 Å². The van der Waals surface area contributed by atoms with Gasteiger partial charge in [-0.05, 0) is 12.1 Å². The molecule has 0 aromatic heterocycles. The Kier molecular flexibility index (Phi) is 5.08. The Hall–Kier alpha value is -1.41. The maximum absolute atomic E-state index is 10.6. The smallest absolute Gasteiger partial charge is 0.184 e. The standard InChI is InChI=1S/C19H20O5S/c20-15-16(21)19(25-13-9-5-2-6-10-13)23-14-11-22-18(24-17(14)15)12-7-3-1-4-8-12/h1-10,14-21H,11H2/t14?,15-,16?,17?,18?,19-/m0/s1. The number of thioether (sulfide) groups is 1. The highest BCUT2D eigenvalue weighted by Crippen LogP contribution is 2.38. The summed E-state index contributed by atoms with van der Waals surface area (Å²) in [7, 11) is 0. The Morgan fingerprint density at radius 2 is 1.52 bits per heavy atom. The molecule has 2 aromatic rings. The summed E-state index contributed by atoms with van der Waals surface area (Å²) in [6, 6.07) is 19.2. The Labute approximate surface area is 150 Å². The first-order valence-electron chi connectivity index (χ1n) is 8.28. The molecule has 6 heteroatoms. The summed E-state index contributed by atoms with van der Waals surface area (Å²) in [6.45, 7) is 0.305. The largest absolute Gasteiger partial charge is 0.387 e. The average molecular weight is 360 g/mol. The van der Waals surface area contributed by atoms with Crippen molar-refractivity contribution >= 4 is 11.8 Å². The molecule has 2 saturated heterocycles. The molecule has 0 amide bonds. The molecule has 2 aromatic carbocycles. The fourth-order valence-corrected chi connectivity index (χ4v) is 4.17. The normalized spacial score (nSPS) is 35.1. The second-order valence-electron chi connectivity index (χ2n) is 6.13. The SMILES string of the molecule is OC1[C@H](O)C2OC(c3ccccc3)OCC2O[C@H]1Sc1ccccc1. The Balaban J connectivity index is 1.46. The number of hydrogen-bond acceptors (Lipinski definition) is 6. The molecule has 2 fully saturated rings. The first-order valence-corrected chi connectivity index (χ1v) is 9.15. The number of fused-ring (bicyclic) bond motifs is 1. The maximum atomic E-state index is 10.6. The van der Waals surface area contributed by atoms with Gasteiger partial charge in [-0.15, -0.1) is 0 Å². The quantitative estimate of drug-likeness (QED) is 0.876. The van der Waals surface area contributed by atoms with Crippen molar-refractivity contribution in [2.75, 3.05) is 6.61 Å². The molecule has 132 valence electrons. The highest BCUT2D eigenvalue weighted by molar-refractivity contribution is 7.99. The van der Waals surface area contributed by atoms with Gasteiger partial charge in [0.25, 0.3) is 0 Å². The van der Waals surface area contributed by atoms with Gasteiger partial charge in [0.05, 0.1) is 6.61 Å². The van der Waals surface area contributed by atoms with Gasteiger partial charge in [0.1, 0.15) is 29.9 Å². The van der Waals surface area contributed by atoms with Gasteiger partial charge in [-0.1, -0.05) is 60.3 Å². The van der Waals surface area contributed by atoms with Crippen molar-refractivity contribution in [3.63, 3.8) is 0 Å². The van der Waals surface area contributed by atoms with Gasteiger partial charge < -0.3 is 24.4 Å². The summed E-state index contributed by atoms with van der Waals surface area (Å²) in [6.07, 6.45) is -3.68. The molecule has 25 heavy (non-hydrogen) atoms. The Morgan fingerprint density at radius 3 is 2.24 bits per heavy atom. The number of rotatable bonds is 3. The monoisotopic (exact) mass is 360 g/mol. The van der Waals surface area contributed by atoms with Crippen LogP contribution in [0.2, 0.25) is 0 Å². The molecule has 5 nitrogen and oxygen atoms in total. The van der Waals surface area contributed by atoms with Gasteiger partial charge in [-0.25, -0.2) is 0 Å². The van der Waals surface area contributed by atoms with Crippen LogP contribution in [0.5, 0.6) is 0 Å². The molecule has 0 spiro atoms. The third kappa shape index (κ3) is 3.60. The lowest BCUT2D eigenvalue weighted by atomic mass is 9.99. The van der Waals surface area contributed by atoms with E-state index in [-0.39, 0.29) is 0 Å². The molecule has 0 radical (unpaired) electrons. The van der Waals surface area contributed by atoms with Gasteiger partial charge in [-0.2, -0.15) is 0 Å². The maximum Gasteiger partial charge on any atom is 0.184 e. The molecule has 2 aliphatic rings. The number of aliphatic hydroxyl groups excluding tert-OH is 2. The first kappa shape index (κ1) is 17.0. The lowest BCUT2D eigenvalue weighted by molar-refractivity contribution is -0.318. The van der Waals surface area contributed by atoms with Gasteiger partial charge in [0.2, 0.25) is 0 Å². The molecular formula is C19H20O5S. The summed E-state index contributed by atoms with van der Waals surface area (Å²) < 4.78 is 17.6. The van der Waals surface area contributed by atoms with Crippen LogP contribution in [-0.2, 0) is 14.2 Å². The molecule has 2 heterocycles. The zero-order valence-electron chi connectivity index (χ0n) is 13.5. The van der Waals surface area contributed by atoms with E-state index >= 15 is 0 Å². The van der Waals surface area contributed by atoms with Crippen LogP contribution in [0.3, 0.4) is 0 Å². The zero-order chi connectivity index (χ0) is 17.2. The lowest BCUT2D eigenvalue weighted by Crippen LogP contribution is -2.60. The van der Waals surface area contributed by atoms with E-state index in [0.29, 0.717) is 6.61 Å². The van der Waals surface area contributed by atoms with E-state index in [0.717, 1.165) is 10.5 Å². The van der Waals surface area contributed by atoms with E-state index in [1.807, 2.05) is 60.7 Å². The van der Waals surface area contributed by atoms with Crippen molar-refractivity contribution in [3.8, 4) is 0 Å². The van der Waals surface area contributed by atoms with Crippen LogP contribution in [0.25, 0.3) is 0 Å². The summed E-state index contributed by atoms with van der Waals surface area (Å²) in [4.78, 5) is 0.969. The van der Waals surface area contributed by atoms with Crippen LogP contribution >= 0.6 is 11.8 Å². The fraction of sp³-hybridized carbons (Fsp3) is 0.368.